The van der Waals surface area contributed by atoms with E-state index in [4.69, 9.17) is 25.2 Å². The van der Waals surface area contributed by atoms with E-state index in [1.165, 1.54) is 0 Å². The zero-order valence-electron chi connectivity index (χ0n) is 17.5. The van der Waals surface area contributed by atoms with Gasteiger partial charge in [0.25, 0.3) is 5.91 Å². The summed E-state index contributed by atoms with van der Waals surface area (Å²) in [4.78, 5) is 25.1. The highest BCUT2D eigenvalue weighted by Gasteiger charge is 2.25. The topological polar surface area (TPSA) is 108 Å². The summed E-state index contributed by atoms with van der Waals surface area (Å²) >= 11 is 0. The number of nitrogens with two attached hydrogens (primary N) is 1. The molecule has 2 aromatic heterocycles. The number of nitrogens with one attached hydrogen (secondary N) is 1. The van der Waals surface area contributed by atoms with Gasteiger partial charge in [-0.15, -0.1) is 0 Å². The fraction of sp³-hybridized carbons (Fsp3) is 0.500. The summed E-state index contributed by atoms with van der Waals surface area (Å²) in [6, 6.07) is 7.67. The number of rotatable bonds is 6. The Balaban J connectivity index is 1.49. The number of aromatic nitrogens is 3. The lowest BCUT2D eigenvalue weighted by Gasteiger charge is -2.26. The summed E-state index contributed by atoms with van der Waals surface area (Å²) in [6.07, 6.45) is 2.05. The van der Waals surface area contributed by atoms with Gasteiger partial charge < -0.3 is 25.1 Å². The summed E-state index contributed by atoms with van der Waals surface area (Å²) in [5, 5.41) is 2.99. The number of benzene rings is 1. The zero-order valence-corrected chi connectivity index (χ0v) is 17.5. The Morgan fingerprint density at radius 3 is 2.65 bits per heavy atom. The molecule has 164 valence electrons. The molecule has 31 heavy (non-hydrogen) atoms. The van der Waals surface area contributed by atoms with Crippen LogP contribution in [0.1, 0.15) is 23.2 Å². The highest BCUT2D eigenvalue weighted by molar-refractivity contribution is 6.10. The van der Waals surface area contributed by atoms with E-state index in [1.54, 1.807) is 0 Å². The molecule has 0 bridgehead atoms. The van der Waals surface area contributed by atoms with Crippen LogP contribution in [0.2, 0.25) is 0 Å². The van der Waals surface area contributed by atoms with Crippen LogP contribution in [0.25, 0.3) is 22.2 Å². The number of morpholine rings is 1. The summed E-state index contributed by atoms with van der Waals surface area (Å²) in [5.41, 5.74) is 9.64. The average molecular weight is 425 g/mol. The first-order valence-corrected chi connectivity index (χ1v) is 10.9. The number of hydrogen-bond acceptors (Lipinski definition) is 7. The maximum absolute atomic E-state index is 13.1. The average Bonchev–Trinajstić information content (AvgIpc) is 3.41. The molecule has 9 nitrogen and oxygen atoms in total. The molecule has 1 atom stereocenters. The van der Waals surface area contributed by atoms with Crippen molar-refractivity contribution in [1.82, 2.24) is 24.8 Å². The van der Waals surface area contributed by atoms with Crippen molar-refractivity contribution in [3.05, 3.63) is 29.8 Å². The van der Waals surface area contributed by atoms with Crippen molar-refractivity contribution in [3.8, 4) is 0 Å². The number of nitrogen functional groups attached to an aromatic ring is 1. The third-order valence-corrected chi connectivity index (χ3v) is 6.08. The van der Waals surface area contributed by atoms with Crippen molar-refractivity contribution in [2.45, 2.75) is 25.5 Å². The number of nitrogens with zero attached hydrogens (tertiary/aromatic N) is 4. The van der Waals surface area contributed by atoms with E-state index in [1.807, 2.05) is 28.8 Å². The highest BCUT2D eigenvalue weighted by atomic mass is 16.5. The van der Waals surface area contributed by atoms with Gasteiger partial charge in [-0.3, -0.25) is 9.69 Å². The van der Waals surface area contributed by atoms with Gasteiger partial charge in [-0.25, -0.2) is 9.97 Å². The predicted molar refractivity (Wildman–Crippen MR) is 118 cm³/mol. The molecular formula is C22H28N6O3. The minimum Gasteiger partial charge on any atom is -0.384 e. The van der Waals surface area contributed by atoms with Crippen LogP contribution in [0.5, 0.6) is 0 Å². The number of fused-ring (bicyclic) bond motifs is 2. The van der Waals surface area contributed by atoms with Crippen molar-refractivity contribution in [1.29, 1.82) is 0 Å². The second-order valence-electron chi connectivity index (χ2n) is 8.10. The molecule has 0 spiro atoms. The van der Waals surface area contributed by atoms with Crippen LogP contribution in [0, 0.1) is 0 Å². The first kappa shape index (κ1) is 20.2. The van der Waals surface area contributed by atoms with Gasteiger partial charge in [0.15, 0.2) is 5.65 Å². The molecule has 2 saturated heterocycles. The molecular weight excluding hydrogens is 396 g/mol. The van der Waals surface area contributed by atoms with Gasteiger partial charge >= 0.3 is 0 Å². The molecule has 1 aromatic carbocycles. The first-order chi connectivity index (χ1) is 15.2. The van der Waals surface area contributed by atoms with Gasteiger partial charge in [-0.1, -0.05) is 12.1 Å². The number of carbonyl (C=O) groups is 1. The molecule has 2 aliphatic rings. The number of carbonyl (C=O) groups excluding carboxylic acids is 1. The van der Waals surface area contributed by atoms with Crippen molar-refractivity contribution in [2.24, 2.45) is 0 Å². The number of amides is 1. The molecule has 0 aliphatic carbocycles. The normalized spacial score (nSPS) is 19.9. The Morgan fingerprint density at radius 2 is 1.90 bits per heavy atom. The predicted octanol–water partition coefficient (Wildman–Crippen LogP) is 1.41. The van der Waals surface area contributed by atoms with E-state index in [0.717, 1.165) is 63.3 Å². The van der Waals surface area contributed by atoms with Crippen molar-refractivity contribution >= 4 is 33.9 Å². The maximum Gasteiger partial charge on any atom is 0.257 e. The Morgan fingerprint density at radius 1 is 1.13 bits per heavy atom. The quantitative estimate of drug-likeness (QED) is 0.616. The maximum atomic E-state index is 13.1. The van der Waals surface area contributed by atoms with Crippen LogP contribution >= 0.6 is 0 Å². The van der Waals surface area contributed by atoms with Crippen LogP contribution in [-0.2, 0) is 16.0 Å². The fourth-order valence-corrected chi connectivity index (χ4v) is 4.33. The largest absolute Gasteiger partial charge is 0.384 e. The summed E-state index contributed by atoms with van der Waals surface area (Å²) in [7, 11) is 0. The van der Waals surface area contributed by atoms with Crippen molar-refractivity contribution in [2.75, 3.05) is 51.7 Å². The van der Waals surface area contributed by atoms with E-state index in [2.05, 4.69) is 10.2 Å². The van der Waals surface area contributed by atoms with Crippen molar-refractivity contribution in [3.63, 3.8) is 0 Å². The highest BCUT2D eigenvalue weighted by Crippen LogP contribution is 2.28. The summed E-state index contributed by atoms with van der Waals surface area (Å²) < 4.78 is 13.0. The molecule has 2 fully saturated rings. The molecule has 0 radical (unpaired) electrons. The standard InChI is InChI=1S/C22H28N6O3/c23-20-18(22(29)24-14-15-4-3-11-31-15)19-21(26-17-6-2-1-5-16(17)25-19)28(20)8-7-27-9-12-30-13-10-27/h1-2,5-6,15H,3-4,7-14,23H2,(H,24,29). The lowest BCUT2D eigenvalue weighted by atomic mass is 10.2. The van der Waals surface area contributed by atoms with Crippen LogP contribution in [0.3, 0.4) is 0 Å². The molecule has 3 N–H and O–H groups in total. The zero-order chi connectivity index (χ0) is 21.2. The molecule has 0 saturated carbocycles. The summed E-state index contributed by atoms with van der Waals surface area (Å²) in [6.45, 7) is 5.93. The number of hydrogen-bond donors (Lipinski definition) is 2. The Hall–Kier alpha value is -2.75. The molecule has 5 rings (SSSR count). The SMILES string of the molecule is Nc1c(C(=O)NCC2CCCO2)c2nc3ccccc3nc2n1CCN1CCOCC1. The fourth-order valence-electron chi connectivity index (χ4n) is 4.33. The third kappa shape index (κ3) is 4.08. The van der Waals surface area contributed by atoms with Gasteiger partial charge in [-0.05, 0) is 25.0 Å². The second-order valence-corrected chi connectivity index (χ2v) is 8.10. The summed E-state index contributed by atoms with van der Waals surface area (Å²) in [5.74, 6) is 0.177. The molecule has 4 heterocycles. The molecule has 1 unspecified atom stereocenters. The van der Waals surface area contributed by atoms with Crippen LogP contribution in [0.15, 0.2) is 24.3 Å². The first-order valence-electron chi connectivity index (χ1n) is 10.9. The van der Waals surface area contributed by atoms with E-state index in [0.29, 0.717) is 35.6 Å². The van der Waals surface area contributed by atoms with E-state index < -0.39 is 0 Å². The van der Waals surface area contributed by atoms with Gasteiger partial charge in [-0.2, -0.15) is 0 Å². The number of anilines is 1. The third-order valence-electron chi connectivity index (χ3n) is 6.08. The van der Waals surface area contributed by atoms with E-state index in [9.17, 15) is 4.79 Å². The van der Waals surface area contributed by atoms with Crippen LogP contribution < -0.4 is 11.1 Å². The minimum absolute atomic E-state index is 0.0618. The van der Waals surface area contributed by atoms with E-state index in [-0.39, 0.29) is 12.0 Å². The smallest absolute Gasteiger partial charge is 0.257 e. The monoisotopic (exact) mass is 424 g/mol. The number of ether oxygens (including phenoxy) is 2. The lowest BCUT2D eigenvalue weighted by Crippen LogP contribution is -2.38. The Labute approximate surface area is 180 Å². The molecule has 3 aromatic rings. The van der Waals surface area contributed by atoms with Crippen LogP contribution in [0.4, 0.5) is 5.82 Å². The minimum atomic E-state index is -0.229. The lowest BCUT2D eigenvalue weighted by molar-refractivity contribution is 0.0366. The number of para-hydroxylation sites is 2. The second kappa shape index (κ2) is 8.78. The van der Waals surface area contributed by atoms with Crippen molar-refractivity contribution < 1.29 is 14.3 Å². The Kier molecular flexibility index (Phi) is 5.71. The molecule has 9 heteroatoms. The van der Waals surface area contributed by atoms with Gasteiger partial charge in [0.1, 0.15) is 16.9 Å². The van der Waals surface area contributed by atoms with Gasteiger partial charge in [0.05, 0.1) is 30.4 Å². The van der Waals surface area contributed by atoms with Crippen LogP contribution in [-0.4, -0.2) is 77.4 Å². The molecule has 1 amide bonds. The molecule has 2 aliphatic heterocycles. The van der Waals surface area contributed by atoms with Gasteiger partial charge in [0.2, 0.25) is 0 Å². The van der Waals surface area contributed by atoms with Gasteiger partial charge in [0, 0.05) is 39.3 Å². The van der Waals surface area contributed by atoms with E-state index >= 15 is 0 Å². The Bertz CT molecular complexity index is 1090.